The van der Waals surface area contributed by atoms with E-state index in [-0.39, 0.29) is 5.82 Å². The van der Waals surface area contributed by atoms with Crippen LogP contribution in [0.4, 0.5) is 19.0 Å². The standard InChI is InChI=1S/C19H16F3N5OS/c1-10(19(20,21)22)9-15(28)25-17-16(27-14(24-17)8-7-11(2)26-27)18-23-12-5-3-4-6-13(12)29-18/h3-8,10H,9H2,1-2H3,(H,25,28). The monoisotopic (exact) mass is 419 g/mol. The third kappa shape index (κ3) is 3.80. The minimum absolute atomic E-state index is 0.140. The minimum Gasteiger partial charge on any atom is -0.309 e. The molecule has 0 radical (unpaired) electrons. The Balaban J connectivity index is 1.77. The summed E-state index contributed by atoms with van der Waals surface area (Å²) in [6.07, 6.45) is -5.13. The summed E-state index contributed by atoms with van der Waals surface area (Å²) in [5.74, 6) is -2.38. The van der Waals surface area contributed by atoms with E-state index < -0.39 is 24.4 Å². The number of aryl methyl sites for hydroxylation is 1. The molecular formula is C19H16F3N5OS. The molecule has 0 bridgehead atoms. The molecule has 0 saturated carbocycles. The molecule has 29 heavy (non-hydrogen) atoms. The number of hydrogen-bond donors (Lipinski definition) is 1. The SMILES string of the molecule is Cc1ccc2nc(NC(=O)CC(C)C(F)(F)F)c(-c3nc4ccccc4s3)n2n1. The van der Waals surface area contributed by atoms with Crippen LogP contribution < -0.4 is 5.32 Å². The average molecular weight is 419 g/mol. The zero-order chi connectivity index (χ0) is 20.8. The van der Waals surface area contributed by atoms with E-state index in [0.29, 0.717) is 16.3 Å². The van der Waals surface area contributed by atoms with Crippen molar-refractivity contribution in [1.29, 1.82) is 0 Å². The third-order valence-corrected chi connectivity index (χ3v) is 5.46. The summed E-state index contributed by atoms with van der Waals surface area (Å²) >= 11 is 1.39. The van der Waals surface area contributed by atoms with Gasteiger partial charge in [-0.1, -0.05) is 19.1 Å². The number of rotatable bonds is 4. The van der Waals surface area contributed by atoms with Crippen LogP contribution in [-0.4, -0.2) is 31.7 Å². The van der Waals surface area contributed by atoms with Crippen LogP contribution in [0.1, 0.15) is 19.0 Å². The molecule has 10 heteroatoms. The summed E-state index contributed by atoms with van der Waals surface area (Å²) in [6.45, 7) is 2.79. The first kappa shape index (κ1) is 19.3. The molecule has 1 N–H and O–H groups in total. The lowest BCUT2D eigenvalue weighted by atomic mass is 10.1. The number of para-hydroxylation sites is 1. The van der Waals surface area contributed by atoms with Gasteiger partial charge in [0.2, 0.25) is 5.91 Å². The van der Waals surface area contributed by atoms with Gasteiger partial charge >= 0.3 is 6.18 Å². The molecule has 4 rings (SSSR count). The van der Waals surface area contributed by atoms with Gasteiger partial charge < -0.3 is 5.32 Å². The van der Waals surface area contributed by atoms with Crippen LogP contribution in [0.5, 0.6) is 0 Å². The number of fused-ring (bicyclic) bond motifs is 2. The van der Waals surface area contributed by atoms with E-state index in [1.165, 1.54) is 11.3 Å². The first-order valence-corrected chi connectivity index (χ1v) is 9.63. The highest BCUT2D eigenvalue weighted by Gasteiger charge is 2.37. The highest BCUT2D eigenvalue weighted by Crippen LogP contribution is 2.35. The molecule has 150 valence electrons. The van der Waals surface area contributed by atoms with Crippen LogP contribution >= 0.6 is 11.3 Å². The zero-order valence-corrected chi connectivity index (χ0v) is 16.3. The minimum atomic E-state index is -4.44. The largest absolute Gasteiger partial charge is 0.392 e. The van der Waals surface area contributed by atoms with Crippen LogP contribution in [0, 0.1) is 12.8 Å². The molecule has 1 aromatic carbocycles. The van der Waals surface area contributed by atoms with Crippen molar-refractivity contribution in [2.24, 2.45) is 5.92 Å². The Morgan fingerprint density at radius 1 is 1.21 bits per heavy atom. The van der Waals surface area contributed by atoms with Crippen molar-refractivity contribution in [3.63, 3.8) is 0 Å². The number of benzene rings is 1. The third-order valence-electron chi connectivity index (χ3n) is 4.42. The fraction of sp³-hybridized carbons (Fsp3) is 0.263. The number of carbonyl (C=O) groups excluding carboxylic acids is 1. The van der Waals surface area contributed by atoms with Gasteiger partial charge in [-0.3, -0.25) is 4.79 Å². The average Bonchev–Trinajstić information content (AvgIpc) is 3.20. The fourth-order valence-electron chi connectivity index (χ4n) is 2.85. The molecule has 0 saturated heterocycles. The maximum Gasteiger partial charge on any atom is 0.392 e. The van der Waals surface area contributed by atoms with Gasteiger partial charge in [-0.25, -0.2) is 14.5 Å². The summed E-state index contributed by atoms with van der Waals surface area (Å²) in [5.41, 5.74) is 2.40. The van der Waals surface area contributed by atoms with Crippen molar-refractivity contribution < 1.29 is 18.0 Å². The first-order valence-electron chi connectivity index (χ1n) is 8.81. The number of aromatic nitrogens is 4. The lowest BCUT2D eigenvalue weighted by molar-refractivity contribution is -0.173. The molecule has 0 fully saturated rings. The molecule has 0 aliphatic rings. The van der Waals surface area contributed by atoms with Crippen molar-refractivity contribution in [2.75, 3.05) is 5.32 Å². The second kappa shape index (κ2) is 7.11. The predicted octanol–water partition coefficient (Wildman–Crippen LogP) is 4.84. The number of halogens is 3. The number of imidazole rings is 1. The molecule has 0 aliphatic carbocycles. The molecule has 3 heterocycles. The van der Waals surface area contributed by atoms with E-state index in [1.54, 1.807) is 16.6 Å². The number of nitrogens with one attached hydrogen (secondary N) is 1. The van der Waals surface area contributed by atoms with E-state index in [1.807, 2.05) is 31.2 Å². The highest BCUT2D eigenvalue weighted by atomic mass is 32.1. The van der Waals surface area contributed by atoms with Crippen LogP contribution in [0.15, 0.2) is 36.4 Å². The van der Waals surface area contributed by atoms with Crippen LogP contribution in [0.25, 0.3) is 26.6 Å². The molecule has 0 aliphatic heterocycles. The lowest BCUT2D eigenvalue weighted by Crippen LogP contribution is -2.25. The Morgan fingerprint density at radius 3 is 2.69 bits per heavy atom. The van der Waals surface area contributed by atoms with E-state index in [4.69, 9.17) is 0 Å². The molecular weight excluding hydrogens is 403 g/mol. The van der Waals surface area contributed by atoms with Crippen molar-refractivity contribution in [1.82, 2.24) is 19.6 Å². The summed E-state index contributed by atoms with van der Waals surface area (Å²) in [7, 11) is 0. The van der Waals surface area contributed by atoms with Gasteiger partial charge in [0, 0.05) is 6.42 Å². The zero-order valence-electron chi connectivity index (χ0n) is 15.5. The van der Waals surface area contributed by atoms with Crippen LogP contribution in [0.3, 0.4) is 0 Å². The second-order valence-electron chi connectivity index (χ2n) is 6.74. The van der Waals surface area contributed by atoms with Crippen molar-refractivity contribution in [2.45, 2.75) is 26.4 Å². The maximum atomic E-state index is 12.8. The van der Waals surface area contributed by atoms with Gasteiger partial charge in [-0.15, -0.1) is 11.3 Å². The van der Waals surface area contributed by atoms with Gasteiger partial charge in [0.1, 0.15) is 10.7 Å². The molecule has 1 amide bonds. The Labute approximate surface area is 167 Å². The molecule has 3 aromatic heterocycles. The van der Waals surface area contributed by atoms with E-state index in [2.05, 4.69) is 20.4 Å². The Morgan fingerprint density at radius 2 is 1.97 bits per heavy atom. The van der Waals surface area contributed by atoms with Gasteiger partial charge in [-0.05, 0) is 31.2 Å². The number of alkyl halides is 3. The van der Waals surface area contributed by atoms with Gasteiger partial charge in [0.15, 0.2) is 11.5 Å². The van der Waals surface area contributed by atoms with Gasteiger partial charge in [0.25, 0.3) is 0 Å². The smallest absolute Gasteiger partial charge is 0.309 e. The normalized spacial score (nSPS) is 13.1. The van der Waals surface area contributed by atoms with E-state index >= 15 is 0 Å². The quantitative estimate of drug-likeness (QED) is 0.514. The molecule has 4 aromatic rings. The number of anilines is 1. The van der Waals surface area contributed by atoms with Crippen molar-refractivity contribution in [3.05, 3.63) is 42.1 Å². The summed E-state index contributed by atoms with van der Waals surface area (Å²) < 4.78 is 40.9. The number of hydrogen-bond acceptors (Lipinski definition) is 5. The van der Waals surface area contributed by atoms with Crippen molar-refractivity contribution in [3.8, 4) is 10.7 Å². The second-order valence-corrected chi connectivity index (χ2v) is 7.77. The van der Waals surface area contributed by atoms with E-state index in [9.17, 15) is 18.0 Å². The molecule has 1 atom stereocenters. The maximum absolute atomic E-state index is 12.8. The van der Waals surface area contributed by atoms with E-state index in [0.717, 1.165) is 22.8 Å². The topological polar surface area (TPSA) is 72.2 Å². The van der Waals surface area contributed by atoms with Crippen LogP contribution in [-0.2, 0) is 4.79 Å². The Kier molecular flexibility index (Phi) is 4.73. The van der Waals surface area contributed by atoms with Crippen molar-refractivity contribution >= 4 is 38.9 Å². The first-order chi connectivity index (χ1) is 13.7. The van der Waals surface area contributed by atoms with Gasteiger partial charge in [-0.2, -0.15) is 18.3 Å². The molecule has 6 nitrogen and oxygen atoms in total. The number of carbonyl (C=O) groups is 1. The van der Waals surface area contributed by atoms with Crippen LogP contribution in [0.2, 0.25) is 0 Å². The summed E-state index contributed by atoms with van der Waals surface area (Å²) in [6, 6.07) is 11.0. The Hall–Kier alpha value is -3.01. The Bertz CT molecular complexity index is 1180. The lowest BCUT2D eigenvalue weighted by Gasteiger charge is -2.14. The summed E-state index contributed by atoms with van der Waals surface area (Å²) in [4.78, 5) is 21.2. The number of thiazole rings is 1. The fourth-order valence-corrected chi connectivity index (χ4v) is 3.85. The molecule has 0 spiro atoms. The summed E-state index contributed by atoms with van der Waals surface area (Å²) in [5, 5.41) is 7.53. The van der Waals surface area contributed by atoms with Gasteiger partial charge in [0.05, 0.1) is 21.8 Å². The number of nitrogens with zero attached hydrogens (tertiary/aromatic N) is 4. The predicted molar refractivity (Wildman–Crippen MR) is 105 cm³/mol. The highest BCUT2D eigenvalue weighted by molar-refractivity contribution is 7.21. The molecule has 1 unspecified atom stereocenters. The number of amides is 1.